The van der Waals surface area contributed by atoms with Gasteiger partial charge in [-0.15, -0.1) is 0 Å². The molecular formula is C9H6BrN3O. The van der Waals surface area contributed by atoms with Crippen LogP contribution in [-0.4, -0.2) is 21.2 Å². The summed E-state index contributed by atoms with van der Waals surface area (Å²) in [6, 6.07) is 3.66. The van der Waals surface area contributed by atoms with E-state index in [4.69, 9.17) is 0 Å². The summed E-state index contributed by atoms with van der Waals surface area (Å²) in [6.45, 7) is 0. The number of aromatic nitrogens is 3. The number of rotatable bonds is 2. The van der Waals surface area contributed by atoms with Gasteiger partial charge in [-0.3, -0.25) is 9.78 Å². The summed E-state index contributed by atoms with van der Waals surface area (Å²) in [4.78, 5) is 21.3. The topological polar surface area (TPSA) is 58.6 Å². The van der Waals surface area contributed by atoms with E-state index in [-0.39, 0.29) is 0 Å². The third-order valence-electron chi connectivity index (χ3n) is 1.74. The van der Waals surface area contributed by atoms with Gasteiger partial charge in [-0.1, -0.05) is 0 Å². The minimum atomic E-state index is 0.309. The molecule has 2 aromatic heterocycles. The van der Waals surface area contributed by atoms with Gasteiger partial charge in [0.25, 0.3) is 0 Å². The summed E-state index contributed by atoms with van der Waals surface area (Å²) in [7, 11) is 0. The predicted molar refractivity (Wildman–Crippen MR) is 54.9 cm³/mol. The minimum Gasteiger partial charge on any atom is -0.330 e. The fourth-order valence-corrected chi connectivity index (χ4v) is 1.65. The molecule has 0 radical (unpaired) electrons. The van der Waals surface area contributed by atoms with Gasteiger partial charge in [0.1, 0.15) is 10.3 Å². The number of carbonyl (C=O) groups excluding carboxylic acids is 1. The van der Waals surface area contributed by atoms with Gasteiger partial charge in [-0.05, 0) is 28.1 Å². The molecular weight excluding hydrogens is 246 g/mol. The summed E-state index contributed by atoms with van der Waals surface area (Å²) in [5, 5.41) is 0. The highest BCUT2D eigenvalue weighted by atomic mass is 79.9. The Bertz CT molecular complexity index is 452. The number of H-pyrrole nitrogens is 1. The van der Waals surface area contributed by atoms with E-state index in [2.05, 4.69) is 30.9 Å². The molecule has 0 aliphatic rings. The minimum absolute atomic E-state index is 0.309. The van der Waals surface area contributed by atoms with Crippen LogP contribution in [0.15, 0.2) is 29.1 Å². The number of pyridine rings is 1. The molecule has 2 rings (SSSR count). The van der Waals surface area contributed by atoms with E-state index < -0.39 is 0 Å². The van der Waals surface area contributed by atoms with Crippen molar-refractivity contribution in [1.29, 1.82) is 0 Å². The lowest BCUT2D eigenvalue weighted by atomic mass is 10.2. The Morgan fingerprint density at radius 3 is 2.64 bits per heavy atom. The van der Waals surface area contributed by atoms with Crippen LogP contribution in [0.1, 0.15) is 10.6 Å². The van der Waals surface area contributed by atoms with Crippen LogP contribution in [0.3, 0.4) is 0 Å². The monoisotopic (exact) mass is 251 g/mol. The first kappa shape index (κ1) is 9.08. The number of carbonyl (C=O) groups is 1. The van der Waals surface area contributed by atoms with E-state index in [0.29, 0.717) is 16.7 Å². The standard InChI is InChI=1S/C9H6BrN3O/c10-9-8(12-7(5-14)13-9)6-1-3-11-4-2-6/h1-5H,(H,12,13). The van der Waals surface area contributed by atoms with Crippen molar-refractivity contribution in [3.63, 3.8) is 0 Å². The molecule has 4 nitrogen and oxygen atoms in total. The van der Waals surface area contributed by atoms with E-state index in [1.165, 1.54) is 0 Å². The first-order valence-corrected chi connectivity index (χ1v) is 4.71. The summed E-state index contributed by atoms with van der Waals surface area (Å²) < 4.78 is 0.700. The second-order valence-corrected chi connectivity index (χ2v) is 3.43. The molecule has 70 valence electrons. The smallest absolute Gasteiger partial charge is 0.185 e. The molecule has 0 spiro atoms. The normalized spacial score (nSPS) is 10.1. The zero-order chi connectivity index (χ0) is 9.97. The van der Waals surface area contributed by atoms with Gasteiger partial charge in [0.2, 0.25) is 0 Å². The summed E-state index contributed by atoms with van der Waals surface area (Å²) >= 11 is 3.30. The number of hydrogen-bond acceptors (Lipinski definition) is 3. The molecule has 5 heteroatoms. The lowest BCUT2D eigenvalue weighted by molar-refractivity contribution is 0.111. The number of aromatic amines is 1. The highest BCUT2D eigenvalue weighted by Crippen LogP contribution is 2.24. The van der Waals surface area contributed by atoms with E-state index >= 15 is 0 Å². The molecule has 0 aliphatic heterocycles. The molecule has 0 fully saturated rings. The Labute approximate surface area is 88.5 Å². The highest BCUT2D eigenvalue weighted by molar-refractivity contribution is 9.10. The van der Waals surface area contributed by atoms with Crippen LogP contribution < -0.4 is 0 Å². The van der Waals surface area contributed by atoms with Crippen LogP contribution >= 0.6 is 15.9 Å². The van der Waals surface area contributed by atoms with Crippen LogP contribution in [0.2, 0.25) is 0 Å². The Hall–Kier alpha value is -1.49. The molecule has 2 heterocycles. The SMILES string of the molecule is O=Cc1nc(-c2ccncc2)c(Br)[nH]1. The van der Waals surface area contributed by atoms with E-state index in [0.717, 1.165) is 11.3 Å². The molecule has 0 aliphatic carbocycles. The molecule has 0 aromatic carbocycles. The maximum atomic E-state index is 10.5. The third kappa shape index (κ3) is 1.58. The largest absolute Gasteiger partial charge is 0.330 e. The molecule has 2 aromatic rings. The fourth-order valence-electron chi connectivity index (χ4n) is 1.13. The Morgan fingerprint density at radius 2 is 2.07 bits per heavy atom. The van der Waals surface area contributed by atoms with Gasteiger partial charge in [0.15, 0.2) is 12.1 Å². The number of aldehydes is 1. The maximum absolute atomic E-state index is 10.5. The average Bonchev–Trinajstić information content (AvgIpc) is 2.61. The number of imidazole rings is 1. The Kier molecular flexibility index (Phi) is 2.41. The van der Waals surface area contributed by atoms with Gasteiger partial charge in [-0.2, -0.15) is 0 Å². The van der Waals surface area contributed by atoms with Gasteiger partial charge >= 0.3 is 0 Å². The van der Waals surface area contributed by atoms with Crippen LogP contribution in [0.4, 0.5) is 0 Å². The lowest BCUT2D eigenvalue weighted by Crippen LogP contribution is -1.82. The van der Waals surface area contributed by atoms with Crippen molar-refractivity contribution in [2.75, 3.05) is 0 Å². The van der Waals surface area contributed by atoms with Gasteiger partial charge in [-0.25, -0.2) is 4.98 Å². The summed E-state index contributed by atoms with van der Waals surface area (Å²) in [6.07, 6.45) is 4.03. The van der Waals surface area contributed by atoms with Crippen molar-refractivity contribution in [3.8, 4) is 11.3 Å². The molecule has 0 saturated carbocycles. The van der Waals surface area contributed by atoms with E-state index in [1.54, 1.807) is 12.4 Å². The first-order valence-electron chi connectivity index (χ1n) is 3.92. The second kappa shape index (κ2) is 3.71. The number of nitrogens with zero attached hydrogens (tertiary/aromatic N) is 2. The number of nitrogens with one attached hydrogen (secondary N) is 1. The second-order valence-electron chi connectivity index (χ2n) is 2.64. The number of halogens is 1. The summed E-state index contributed by atoms with van der Waals surface area (Å²) in [5.41, 5.74) is 1.63. The first-order chi connectivity index (χ1) is 6.81. The molecule has 1 N–H and O–H groups in total. The zero-order valence-electron chi connectivity index (χ0n) is 7.07. The third-order valence-corrected chi connectivity index (χ3v) is 2.32. The van der Waals surface area contributed by atoms with E-state index in [1.807, 2.05) is 12.1 Å². The van der Waals surface area contributed by atoms with E-state index in [9.17, 15) is 4.79 Å². The van der Waals surface area contributed by atoms with Gasteiger partial charge in [0, 0.05) is 18.0 Å². The Morgan fingerprint density at radius 1 is 1.36 bits per heavy atom. The van der Waals surface area contributed by atoms with Crippen molar-refractivity contribution in [3.05, 3.63) is 35.0 Å². The average molecular weight is 252 g/mol. The van der Waals surface area contributed by atoms with Gasteiger partial charge < -0.3 is 4.98 Å². The van der Waals surface area contributed by atoms with Crippen LogP contribution in [0.5, 0.6) is 0 Å². The van der Waals surface area contributed by atoms with Crippen molar-refractivity contribution in [1.82, 2.24) is 15.0 Å². The van der Waals surface area contributed by atoms with Gasteiger partial charge in [0.05, 0.1) is 0 Å². The number of hydrogen-bond donors (Lipinski definition) is 1. The summed E-state index contributed by atoms with van der Waals surface area (Å²) in [5.74, 6) is 0.309. The molecule has 0 saturated heterocycles. The highest BCUT2D eigenvalue weighted by Gasteiger charge is 2.08. The molecule has 0 amide bonds. The Balaban J connectivity index is 2.51. The van der Waals surface area contributed by atoms with Crippen molar-refractivity contribution in [2.24, 2.45) is 0 Å². The van der Waals surface area contributed by atoms with Crippen molar-refractivity contribution in [2.45, 2.75) is 0 Å². The van der Waals surface area contributed by atoms with Crippen LogP contribution in [0.25, 0.3) is 11.3 Å². The maximum Gasteiger partial charge on any atom is 0.185 e. The van der Waals surface area contributed by atoms with Crippen LogP contribution in [0, 0.1) is 0 Å². The molecule has 14 heavy (non-hydrogen) atoms. The lowest BCUT2D eigenvalue weighted by Gasteiger charge is -1.94. The predicted octanol–water partition coefficient (Wildman–Crippen LogP) is 2.05. The van der Waals surface area contributed by atoms with Crippen molar-refractivity contribution < 1.29 is 4.79 Å². The quantitative estimate of drug-likeness (QED) is 0.832. The zero-order valence-corrected chi connectivity index (χ0v) is 8.65. The van der Waals surface area contributed by atoms with Crippen molar-refractivity contribution >= 4 is 22.2 Å². The van der Waals surface area contributed by atoms with Crippen LogP contribution in [-0.2, 0) is 0 Å². The molecule has 0 atom stereocenters. The fraction of sp³-hybridized carbons (Fsp3) is 0. The molecule has 0 unspecified atom stereocenters. The molecule has 0 bridgehead atoms.